The van der Waals surface area contributed by atoms with Crippen LogP contribution in [0, 0.1) is 0 Å². The minimum atomic E-state index is -3.47. The van der Waals surface area contributed by atoms with Crippen LogP contribution in [0.15, 0.2) is 84.9 Å². The predicted molar refractivity (Wildman–Crippen MR) is 127 cm³/mol. The van der Waals surface area contributed by atoms with Crippen molar-refractivity contribution in [3.63, 3.8) is 0 Å². The van der Waals surface area contributed by atoms with Crippen molar-refractivity contribution in [1.29, 1.82) is 0 Å². The highest BCUT2D eigenvalue weighted by molar-refractivity contribution is 7.92. The number of carbonyl (C=O) groups excluding carboxylic acids is 1. The van der Waals surface area contributed by atoms with Gasteiger partial charge in [0.1, 0.15) is 0 Å². The number of hydrogen-bond donors (Lipinski definition) is 1. The molecule has 32 heavy (non-hydrogen) atoms. The summed E-state index contributed by atoms with van der Waals surface area (Å²) < 4.78 is 25.8. The van der Waals surface area contributed by atoms with E-state index < -0.39 is 10.0 Å². The second-order valence-corrected chi connectivity index (χ2v) is 9.72. The van der Waals surface area contributed by atoms with Crippen molar-refractivity contribution in [2.24, 2.45) is 0 Å². The number of rotatable bonds is 6. The van der Waals surface area contributed by atoms with Crippen molar-refractivity contribution in [2.75, 3.05) is 37.2 Å². The zero-order chi connectivity index (χ0) is 22.6. The molecule has 7 heteroatoms. The summed E-state index contributed by atoms with van der Waals surface area (Å²) in [6.07, 6.45) is 1.08. The smallest absolute Gasteiger partial charge is 0.256 e. The average molecular weight is 450 g/mol. The Kier molecular flexibility index (Phi) is 6.58. The molecule has 1 saturated heterocycles. The van der Waals surface area contributed by atoms with E-state index in [1.54, 1.807) is 29.2 Å². The molecular formula is C25H27N3O3S. The minimum Gasteiger partial charge on any atom is -0.336 e. The first-order valence-corrected chi connectivity index (χ1v) is 12.5. The second kappa shape index (κ2) is 9.54. The van der Waals surface area contributed by atoms with Crippen molar-refractivity contribution in [2.45, 2.75) is 6.04 Å². The van der Waals surface area contributed by atoms with Crippen LogP contribution in [0.3, 0.4) is 0 Å². The van der Waals surface area contributed by atoms with Gasteiger partial charge in [-0.15, -0.1) is 0 Å². The van der Waals surface area contributed by atoms with E-state index in [2.05, 4.69) is 58.2 Å². The van der Waals surface area contributed by atoms with Crippen LogP contribution >= 0.6 is 0 Å². The molecule has 1 N–H and O–H groups in total. The number of amides is 1. The van der Waals surface area contributed by atoms with Gasteiger partial charge in [0.15, 0.2) is 0 Å². The molecule has 1 fully saturated rings. The molecule has 6 nitrogen and oxygen atoms in total. The van der Waals surface area contributed by atoms with Crippen molar-refractivity contribution in [1.82, 2.24) is 9.80 Å². The van der Waals surface area contributed by atoms with Gasteiger partial charge in [0, 0.05) is 26.2 Å². The normalized spacial score (nSPS) is 15.0. The van der Waals surface area contributed by atoms with Gasteiger partial charge in [0.2, 0.25) is 10.0 Å². The Balaban J connectivity index is 1.52. The zero-order valence-corrected chi connectivity index (χ0v) is 18.8. The van der Waals surface area contributed by atoms with Gasteiger partial charge in [-0.2, -0.15) is 0 Å². The molecule has 0 aromatic heterocycles. The Morgan fingerprint density at radius 3 is 1.81 bits per heavy atom. The number of nitrogens with one attached hydrogen (secondary N) is 1. The Bertz CT molecular complexity index is 1120. The Labute approximate surface area is 189 Å². The Hall–Kier alpha value is -3.16. The quantitative estimate of drug-likeness (QED) is 0.624. The molecular weight excluding hydrogens is 422 g/mol. The predicted octanol–water partition coefficient (Wildman–Crippen LogP) is 3.61. The van der Waals surface area contributed by atoms with Gasteiger partial charge in [-0.3, -0.25) is 14.4 Å². The lowest BCUT2D eigenvalue weighted by Gasteiger charge is -2.40. The lowest BCUT2D eigenvalue weighted by atomic mass is 9.96. The average Bonchev–Trinajstić information content (AvgIpc) is 2.80. The molecule has 0 unspecified atom stereocenters. The van der Waals surface area contributed by atoms with E-state index >= 15 is 0 Å². The van der Waals surface area contributed by atoms with Crippen molar-refractivity contribution in [3.8, 4) is 0 Å². The van der Waals surface area contributed by atoms with Crippen LogP contribution in [0.1, 0.15) is 27.5 Å². The van der Waals surface area contributed by atoms with Gasteiger partial charge in [-0.25, -0.2) is 8.42 Å². The fraction of sp³-hybridized carbons (Fsp3) is 0.240. The molecule has 1 heterocycles. The van der Waals surface area contributed by atoms with Gasteiger partial charge >= 0.3 is 0 Å². The summed E-state index contributed by atoms with van der Waals surface area (Å²) in [5.41, 5.74) is 3.13. The lowest BCUT2D eigenvalue weighted by Crippen LogP contribution is -2.50. The number of piperazine rings is 1. The third kappa shape index (κ3) is 5.18. The summed E-state index contributed by atoms with van der Waals surface area (Å²) in [7, 11) is -3.47. The number of carbonyl (C=O) groups is 1. The fourth-order valence-corrected chi connectivity index (χ4v) is 4.77. The van der Waals surface area contributed by atoms with Crippen LogP contribution in [0.4, 0.5) is 5.69 Å². The summed E-state index contributed by atoms with van der Waals surface area (Å²) in [6.45, 7) is 2.59. The van der Waals surface area contributed by atoms with Gasteiger partial charge in [0.25, 0.3) is 5.91 Å². The van der Waals surface area contributed by atoms with Gasteiger partial charge in [-0.05, 0) is 23.3 Å². The largest absolute Gasteiger partial charge is 0.336 e. The van der Waals surface area contributed by atoms with E-state index in [0.717, 1.165) is 19.3 Å². The molecule has 0 spiro atoms. The van der Waals surface area contributed by atoms with Crippen LogP contribution in [-0.4, -0.2) is 56.6 Å². The highest BCUT2D eigenvalue weighted by atomic mass is 32.2. The first-order valence-electron chi connectivity index (χ1n) is 10.6. The summed E-state index contributed by atoms with van der Waals surface area (Å²) in [5, 5.41) is 0. The summed E-state index contributed by atoms with van der Waals surface area (Å²) in [6, 6.07) is 27.7. The van der Waals surface area contributed by atoms with Crippen LogP contribution in [0.25, 0.3) is 0 Å². The molecule has 1 amide bonds. The first-order chi connectivity index (χ1) is 15.4. The number of hydrogen-bond acceptors (Lipinski definition) is 4. The topological polar surface area (TPSA) is 69.7 Å². The van der Waals surface area contributed by atoms with Gasteiger partial charge in [0.05, 0.1) is 23.5 Å². The molecule has 0 atom stereocenters. The van der Waals surface area contributed by atoms with E-state index in [1.165, 1.54) is 11.1 Å². The van der Waals surface area contributed by atoms with E-state index in [0.29, 0.717) is 24.3 Å². The first kappa shape index (κ1) is 22.0. The molecule has 1 aliphatic rings. The lowest BCUT2D eigenvalue weighted by molar-refractivity contribution is 0.0598. The molecule has 3 aromatic carbocycles. The summed E-state index contributed by atoms with van der Waals surface area (Å²) >= 11 is 0. The molecule has 166 valence electrons. The van der Waals surface area contributed by atoms with E-state index in [1.807, 2.05) is 12.1 Å². The highest BCUT2D eigenvalue weighted by Crippen LogP contribution is 2.30. The third-order valence-electron chi connectivity index (χ3n) is 5.65. The monoisotopic (exact) mass is 449 g/mol. The Morgan fingerprint density at radius 2 is 1.28 bits per heavy atom. The molecule has 0 saturated carbocycles. The van der Waals surface area contributed by atoms with Crippen molar-refractivity contribution < 1.29 is 13.2 Å². The molecule has 0 aliphatic carbocycles. The van der Waals surface area contributed by atoms with Crippen LogP contribution in [-0.2, 0) is 10.0 Å². The number of para-hydroxylation sites is 1. The highest BCUT2D eigenvalue weighted by Gasteiger charge is 2.29. The Morgan fingerprint density at radius 1 is 0.781 bits per heavy atom. The van der Waals surface area contributed by atoms with Gasteiger partial charge in [-0.1, -0.05) is 72.8 Å². The minimum absolute atomic E-state index is 0.119. The van der Waals surface area contributed by atoms with Crippen LogP contribution in [0.2, 0.25) is 0 Å². The maximum absolute atomic E-state index is 13.2. The number of nitrogens with zero attached hydrogens (tertiary/aromatic N) is 2. The van der Waals surface area contributed by atoms with E-state index in [4.69, 9.17) is 0 Å². The number of anilines is 1. The van der Waals surface area contributed by atoms with E-state index in [-0.39, 0.29) is 11.9 Å². The second-order valence-electron chi connectivity index (χ2n) is 7.97. The molecule has 1 aliphatic heterocycles. The standard InChI is InChI=1S/C25H27N3O3S/c1-32(30,31)26-23-15-9-8-14-22(23)25(29)28-18-16-27(17-19-28)24(20-10-4-2-5-11-20)21-12-6-3-7-13-21/h2-15,24,26H,16-19H2,1H3. The SMILES string of the molecule is CS(=O)(=O)Nc1ccccc1C(=O)N1CCN(C(c2ccccc2)c2ccccc2)CC1. The van der Waals surface area contributed by atoms with Gasteiger partial charge < -0.3 is 4.90 Å². The summed E-state index contributed by atoms with van der Waals surface area (Å²) in [5.74, 6) is -0.160. The zero-order valence-electron chi connectivity index (χ0n) is 18.0. The number of sulfonamides is 1. The van der Waals surface area contributed by atoms with Crippen molar-refractivity contribution in [3.05, 3.63) is 102 Å². The molecule has 4 rings (SSSR count). The molecule has 0 radical (unpaired) electrons. The maximum atomic E-state index is 13.2. The third-order valence-corrected chi connectivity index (χ3v) is 6.24. The number of benzene rings is 3. The van der Waals surface area contributed by atoms with Crippen molar-refractivity contribution >= 4 is 21.6 Å². The molecule has 0 bridgehead atoms. The van der Waals surface area contributed by atoms with Crippen LogP contribution in [0.5, 0.6) is 0 Å². The molecule has 3 aromatic rings. The fourth-order valence-electron chi connectivity index (χ4n) is 4.20. The summed E-state index contributed by atoms with van der Waals surface area (Å²) in [4.78, 5) is 17.4. The van der Waals surface area contributed by atoms with E-state index in [9.17, 15) is 13.2 Å². The van der Waals surface area contributed by atoms with Crippen LogP contribution < -0.4 is 4.72 Å². The maximum Gasteiger partial charge on any atom is 0.256 e.